The van der Waals surface area contributed by atoms with Crippen LogP contribution in [0.25, 0.3) is 22.4 Å². The molecule has 0 unspecified atom stereocenters. The van der Waals surface area contributed by atoms with Crippen LogP contribution in [0.3, 0.4) is 0 Å². The van der Waals surface area contributed by atoms with Gasteiger partial charge in [0.1, 0.15) is 17.0 Å². The Bertz CT molecular complexity index is 842. The van der Waals surface area contributed by atoms with Crippen LogP contribution in [0.1, 0.15) is 13.8 Å². The van der Waals surface area contributed by atoms with E-state index in [0.717, 1.165) is 11.3 Å². The molecule has 1 N–H and O–H groups in total. The van der Waals surface area contributed by atoms with Crippen LogP contribution < -0.4 is 5.43 Å². The lowest BCUT2D eigenvalue weighted by molar-refractivity contribution is 1.19. The molecule has 2 aromatic heterocycles. The minimum Gasteiger partial charge on any atom is -0.261 e. The van der Waals surface area contributed by atoms with Gasteiger partial charge in [0, 0.05) is 11.3 Å². The maximum Gasteiger partial charge on any atom is 0.180 e. The van der Waals surface area contributed by atoms with Crippen molar-refractivity contribution in [3.8, 4) is 11.3 Å². The molecule has 1 aromatic carbocycles. The maximum absolute atomic E-state index is 6.24. The smallest absolute Gasteiger partial charge is 0.180 e. The molecule has 0 aliphatic rings. The number of hydrazone groups is 1. The number of hydrogen-bond acceptors (Lipinski definition) is 5. The molecular weight excluding hydrogens is 298 g/mol. The summed E-state index contributed by atoms with van der Waals surface area (Å²) < 4.78 is 0. The van der Waals surface area contributed by atoms with Crippen molar-refractivity contribution in [3.63, 3.8) is 0 Å². The van der Waals surface area contributed by atoms with Gasteiger partial charge in [-0.3, -0.25) is 5.43 Å². The van der Waals surface area contributed by atoms with E-state index in [9.17, 15) is 0 Å². The highest BCUT2D eigenvalue weighted by molar-refractivity contribution is 6.32. The fourth-order valence-electron chi connectivity index (χ4n) is 1.93. The molecule has 0 bridgehead atoms. The molecule has 0 radical (unpaired) electrons. The van der Waals surface area contributed by atoms with Gasteiger partial charge in [-0.2, -0.15) is 5.10 Å². The van der Waals surface area contributed by atoms with Gasteiger partial charge in [-0.25, -0.2) is 15.0 Å². The van der Waals surface area contributed by atoms with E-state index in [1.807, 2.05) is 50.2 Å². The zero-order chi connectivity index (χ0) is 15.5. The van der Waals surface area contributed by atoms with E-state index in [0.29, 0.717) is 27.8 Å². The van der Waals surface area contributed by atoms with Gasteiger partial charge in [0.15, 0.2) is 10.8 Å². The topological polar surface area (TPSA) is 63.1 Å². The largest absolute Gasteiger partial charge is 0.261 e. The molecule has 0 amide bonds. The number of rotatable bonds is 3. The van der Waals surface area contributed by atoms with E-state index in [1.165, 1.54) is 0 Å². The first-order valence-electron chi connectivity index (χ1n) is 6.80. The van der Waals surface area contributed by atoms with Crippen LogP contribution in [0.2, 0.25) is 5.15 Å². The number of hydrogen-bond donors (Lipinski definition) is 1. The summed E-state index contributed by atoms with van der Waals surface area (Å²) in [6.45, 7) is 3.81. The van der Waals surface area contributed by atoms with E-state index in [2.05, 4.69) is 25.5 Å². The molecule has 0 saturated carbocycles. The summed E-state index contributed by atoms with van der Waals surface area (Å²) in [4.78, 5) is 13.3. The standard InChI is InChI=1S/C16H14ClN5/c1-10(2)21-22-13-9-8-12-16(19-13)20-14(15(17)18-12)11-6-4-3-5-7-11/h3-9H,1-2H3,(H,19,20,22). The van der Waals surface area contributed by atoms with Gasteiger partial charge in [0.25, 0.3) is 0 Å². The van der Waals surface area contributed by atoms with Crippen molar-refractivity contribution in [2.24, 2.45) is 5.10 Å². The summed E-state index contributed by atoms with van der Waals surface area (Å²) in [7, 11) is 0. The average molecular weight is 312 g/mol. The molecule has 0 atom stereocenters. The minimum atomic E-state index is 0.364. The highest BCUT2D eigenvalue weighted by atomic mass is 35.5. The lowest BCUT2D eigenvalue weighted by Crippen LogP contribution is -1.98. The molecule has 6 heteroatoms. The summed E-state index contributed by atoms with van der Waals surface area (Å²) in [6, 6.07) is 13.3. The van der Waals surface area contributed by atoms with Crippen molar-refractivity contribution in [3.05, 3.63) is 47.6 Å². The van der Waals surface area contributed by atoms with Crippen LogP contribution in [-0.2, 0) is 0 Å². The SMILES string of the molecule is CC(C)=NNc1ccc2nc(Cl)c(-c3ccccc3)nc2n1. The Balaban J connectivity index is 2.08. The summed E-state index contributed by atoms with van der Waals surface area (Å²) in [6.07, 6.45) is 0. The molecule has 3 rings (SSSR count). The molecule has 110 valence electrons. The Morgan fingerprint density at radius 3 is 2.50 bits per heavy atom. The number of nitrogens with one attached hydrogen (secondary N) is 1. The summed E-state index contributed by atoms with van der Waals surface area (Å²) >= 11 is 6.24. The van der Waals surface area contributed by atoms with E-state index < -0.39 is 0 Å². The lowest BCUT2D eigenvalue weighted by atomic mass is 10.1. The van der Waals surface area contributed by atoms with Crippen molar-refractivity contribution < 1.29 is 0 Å². The van der Waals surface area contributed by atoms with E-state index in [1.54, 1.807) is 6.07 Å². The van der Waals surface area contributed by atoms with Crippen LogP contribution in [0.15, 0.2) is 47.6 Å². The van der Waals surface area contributed by atoms with Gasteiger partial charge in [-0.05, 0) is 26.0 Å². The highest BCUT2D eigenvalue weighted by Crippen LogP contribution is 2.26. The van der Waals surface area contributed by atoms with Crippen molar-refractivity contribution >= 4 is 34.3 Å². The Labute approximate surface area is 133 Å². The highest BCUT2D eigenvalue weighted by Gasteiger charge is 2.10. The van der Waals surface area contributed by atoms with Crippen molar-refractivity contribution in [1.82, 2.24) is 15.0 Å². The summed E-state index contributed by atoms with van der Waals surface area (Å²) in [5, 5.41) is 4.49. The van der Waals surface area contributed by atoms with E-state index in [-0.39, 0.29) is 0 Å². The quantitative estimate of drug-likeness (QED) is 0.583. The normalized spacial score (nSPS) is 10.5. The average Bonchev–Trinajstić information content (AvgIpc) is 2.53. The molecule has 0 aliphatic heterocycles. The minimum absolute atomic E-state index is 0.364. The number of benzene rings is 1. The van der Waals surface area contributed by atoms with Crippen molar-refractivity contribution in [2.75, 3.05) is 5.43 Å². The number of halogens is 1. The van der Waals surface area contributed by atoms with Crippen molar-refractivity contribution in [1.29, 1.82) is 0 Å². The number of fused-ring (bicyclic) bond motifs is 1. The Morgan fingerprint density at radius 2 is 1.77 bits per heavy atom. The molecule has 5 nitrogen and oxygen atoms in total. The second kappa shape index (κ2) is 6.07. The predicted molar refractivity (Wildman–Crippen MR) is 90.2 cm³/mol. The van der Waals surface area contributed by atoms with Gasteiger partial charge in [0.05, 0.1) is 0 Å². The van der Waals surface area contributed by atoms with Crippen LogP contribution >= 0.6 is 11.6 Å². The van der Waals surface area contributed by atoms with Crippen LogP contribution in [0, 0.1) is 0 Å². The van der Waals surface area contributed by atoms with E-state index in [4.69, 9.17) is 11.6 Å². The predicted octanol–water partition coefficient (Wildman–Crippen LogP) is 4.15. The zero-order valence-corrected chi connectivity index (χ0v) is 13.0. The molecule has 0 saturated heterocycles. The third-order valence-electron chi connectivity index (χ3n) is 2.93. The van der Waals surface area contributed by atoms with Gasteiger partial charge in [-0.1, -0.05) is 41.9 Å². The molecule has 2 heterocycles. The molecule has 0 aliphatic carbocycles. The maximum atomic E-state index is 6.24. The second-order valence-electron chi connectivity index (χ2n) is 4.94. The van der Waals surface area contributed by atoms with Gasteiger partial charge in [0.2, 0.25) is 0 Å². The molecule has 0 fully saturated rings. The van der Waals surface area contributed by atoms with Crippen LogP contribution in [0.5, 0.6) is 0 Å². The Kier molecular flexibility index (Phi) is 3.98. The number of pyridine rings is 1. The monoisotopic (exact) mass is 311 g/mol. The fourth-order valence-corrected chi connectivity index (χ4v) is 2.17. The first-order chi connectivity index (χ1) is 10.6. The number of nitrogens with zero attached hydrogens (tertiary/aromatic N) is 4. The van der Waals surface area contributed by atoms with Gasteiger partial charge >= 0.3 is 0 Å². The second-order valence-corrected chi connectivity index (χ2v) is 5.30. The zero-order valence-electron chi connectivity index (χ0n) is 12.2. The number of anilines is 1. The van der Waals surface area contributed by atoms with Crippen LogP contribution in [0.4, 0.5) is 5.82 Å². The lowest BCUT2D eigenvalue weighted by Gasteiger charge is -2.06. The Hall–Kier alpha value is -2.53. The first kappa shape index (κ1) is 14.4. The van der Waals surface area contributed by atoms with Gasteiger partial charge in [-0.15, -0.1) is 0 Å². The molecular formula is C16H14ClN5. The van der Waals surface area contributed by atoms with E-state index >= 15 is 0 Å². The first-order valence-corrected chi connectivity index (χ1v) is 7.18. The third-order valence-corrected chi connectivity index (χ3v) is 3.19. The summed E-state index contributed by atoms with van der Waals surface area (Å²) in [5.41, 5.74) is 6.50. The molecule has 3 aromatic rings. The van der Waals surface area contributed by atoms with Crippen LogP contribution in [-0.4, -0.2) is 20.7 Å². The summed E-state index contributed by atoms with van der Waals surface area (Å²) in [5.74, 6) is 0.615. The molecule has 0 spiro atoms. The Morgan fingerprint density at radius 1 is 1.00 bits per heavy atom. The fraction of sp³-hybridized carbons (Fsp3) is 0.125. The van der Waals surface area contributed by atoms with Crippen molar-refractivity contribution in [2.45, 2.75) is 13.8 Å². The number of aromatic nitrogens is 3. The third kappa shape index (κ3) is 3.04. The molecule has 22 heavy (non-hydrogen) atoms. The van der Waals surface area contributed by atoms with Gasteiger partial charge < -0.3 is 0 Å².